The Kier molecular flexibility index (Phi) is 15.0. The van der Waals surface area contributed by atoms with Gasteiger partial charge in [-0.25, -0.2) is 0 Å². The van der Waals surface area contributed by atoms with Crippen LogP contribution < -0.4 is 21.4 Å². The molecule has 0 amide bonds. The molecule has 0 aliphatic carbocycles. The van der Waals surface area contributed by atoms with Gasteiger partial charge in [0, 0.05) is 69.9 Å². The molecule has 60 heavy (non-hydrogen) atoms. The lowest BCUT2D eigenvalue weighted by molar-refractivity contribution is -0.148. The number of esters is 4. The molecule has 4 aromatic heterocycles. The highest BCUT2D eigenvalue weighted by Crippen LogP contribution is 2.25. The summed E-state index contributed by atoms with van der Waals surface area (Å²) in [6.07, 6.45) is 10.1. The number of carbonyl (C=O) groups is 4. The Morgan fingerprint density at radius 2 is 0.650 bits per heavy atom. The first kappa shape index (κ1) is 45.6. The van der Waals surface area contributed by atoms with Crippen molar-refractivity contribution in [1.29, 1.82) is 0 Å². The molecule has 12 nitrogen and oxygen atoms in total. The van der Waals surface area contributed by atoms with Crippen LogP contribution in [-0.4, -0.2) is 68.2 Å². The van der Waals surface area contributed by atoms with Crippen LogP contribution in [0.2, 0.25) is 0 Å². The number of carbonyl (C=O) groups excluding carboxylic acids is 4. The molecule has 0 saturated carbocycles. The third kappa shape index (κ3) is 11.4. The first-order valence-corrected chi connectivity index (χ1v) is 21.3. The summed E-state index contributed by atoms with van der Waals surface area (Å²) in [6, 6.07) is 0. The van der Waals surface area contributed by atoms with Gasteiger partial charge in [0.25, 0.3) is 0 Å². The van der Waals surface area contributed by atoms with E-state index in [1.54, 1.807) is 0 Å². The van der Waals surface area contributed by atoms with Gasteiger partial charge < -0.3 is 38.9 Å². The average Bonchev–Trinajstić information content (AvgIpc) is 3.79. The predicted molar refractivity (Wildman–Crippen MR) is 233 cm³/mol. The van der Waals surface area contributed by atoms with Gasteiger partial charge in [-0.2, -0.15) is 0 Å². The summed E-state index contributed by atoms with van der Waals surface area (Å²) >= 11 is 0. The molecule has 1 aliphatic rings. The zero-order valence-corrected chi connectivity index (χ0v) is 37.5. The molecule has 1 aliphatic heterocycles. The van der Waals surface area contributed by atoms with Crippen LogP contribution in [-0.2, 0) is 63.8 Å². The average molecular weight is 825 g/mol. The lowest BCUT2D eigenvalue weighted by Gasteiger charge is -2.08. The number of aromatic nitrogens is 4. The van der Waals surface area contributed by atoms with E-state index in [0.29, 0.717) is 25.7 Å². The number of nitrogens with one attached hydrogen (secondary N) is 4. The highest BCUT2D eigenvalue weighted by molar-refractivity contribution is 5.73. The number of fused-ring (bicyclic) bond motifs is 8. The van der Waals surface area contributed by atoms with E-state index in [-0.39, 0.29) is 74.0 Å². The third-order valence-electron chi connectivity index (χ3n) is 10.7. The van der Waals surface area contributed by atoms with E-state index in [4.69, 9.17) is 18.9 Å². The highest BCUT2D eigenvalue weighted by atomic mass is 16.6. The van der Waals surface area contributed by atoms with Gasteiger partial charge >= 0.3 is 23.9 Å². The monoisotopic (exact) mass is 824 g/mol. The number of hydrogen-bond acceptors (Lipinski definition) is 8. The van der Waals surface area contributed by atoms with Crippen LogP contribution >= 0.6 is 0 Å². The standard InChI is InChI=1S/C48H64N4O8/c1-25(2)57-45(53)17-13-33-29(9)37-22-42-35(15-19-47(55)59-27(5)6)31(11)39(51-42)24-44-36(16-20-48(56)60-28(7)8)32(12)40(52-44)23-43-34(14-18-46(54)58-26(3)4)30(10)38(50-43)21-41(33)49-37/h21-28,49-52H,13-20H2,1-12H3. The summed E-state index contributed by atoms with van der Waals surface area (Å²) < 4.78 is 22.0. The van der Waals surface area contributed by atoms with Gasteiger partial charge in [0.2, 0.25) is 0 Å². The van der Waals surface area contributed by atoms with E-state index in [0.717, 1.165) is 88.7 Å². The summed E-state index contributed by atoms with van der Waals surface area (Å²) in [7, 11) is 0. The first-order chi connectivity index (χ1) is 28.3. The van der Waals surface area contributed by atoms with Crippen molar-refractivity contribution in [2.45, 2.75) is 159 Å². The lowest BCUT2D eigenvalue weighted by Crippen LogP contribution is -2.16. The molecule has 0 aromatic carbocycles. The summed E-state index contributed by atoms with van der Waals surface area (Å²) in [5.41, 5.74) is 11.3. The van der Waals surface area contributed by atoms with Crippen LogP contribution in [0, 0.1) is 27.7 Å². The van der Waals surface area contributed by atoms with E-state index >= 15 is 0 Å². The molecule has 5 rings (SSSR count). The minimum absolute atomic E-state index is 0.207. The largest absolute Gasteiger partial charge is 0.463 e. The van der Waals surface area contributed by atoms with Gasteiger partial charge in [0.1, 0.15) is 0 Å². The summed E-state index contributed by atoms with van der Waals surface area (Å²) in [4.78, 5) is 66.0. The summed E-state index contributed by atoms with van der Waals surface area (Å²) in [5.74, 6) is -1.07. The van der Waals surface area contributed by atoms with E-state index in [2.05, 4.69) is 44.2 Å². The van der Waals surface area contributed by atoms with E-state index in [1.807, 2.05) is 83.1 Å². The normalized spacial score (nSPS) is 12.3. The van der Waals surface area contributed by atoms with Crippen molar-refractivity contribution >= 4 is 48.2 Å². The van der Waals surface area contributed by atoms with Crippen molar-refractivity contribution in [2.24, 2.45) is 0 Å². The molecular formula is C48H64N4O8. The van der Waals surface area contributed by atoms with Crippen LogP contribution in [0.4, 0.5) is 0 Å². The Morgan fingerprint density at radius 3 is 0.933 bits per heavy atom. The van der Waals surface area contributed by atoms with Crippen LogP contribution in [0.5, 0.6) is 0 Å². The van der Waals surface area contributed by atoms with Gasteiger partial charge in [-0.05, 0) is 178 Å². The van der Waals surface area contributed by atoms with Gasteiger partial charge in [-0.15, -0.1) is 0 Å². The highest BCUT2D eigenvalue weighted by Gasteiger charge is 2.20. The van der Waals surface area contributed by atoms with Crippen LogP contribution in [0.1, 0.15) is 148 Å². The first-order valence-electron chi connectivity index (χ1n) is 21.3. The zero-order chi connectivity index (χ0) is 44.0. The zero-order valence-electron chi connectivity index (χ0n) is 37.5. The van der Waals surface area contributed by atoms with Gasteiger partial charge in [-0.1, -0.05) is 0 Å². The fraction of sp³-hybridized carbons (Fsp3) is 0.500. The Morgan fingerprint density at radius 1 is 0.383 bits per heavy atom. The maximum absolute atomic E-state index is 12.8. The van der Waals surface area contributed by atoms with Crippen molar-refractivity contribution in [3.63, 3.8) is 0 Å². The molecule has 4 aromatic rings. The van der Waals surface area contributed by atoms with E-state index in [9.17, 15) is 19.2 Å². The molecule has 0 unspecified atom stereocenters. The molecule has 0 saturated heterocycles. The Balaban J connectivity index is 1.80. The fourth-order valence-corrected chi connectivity index (χ4v) is 7.85. The SMILES string of the molecule is Cc1c2[nH]c(c1CCC(=O)OC(C)C)C=c1[nH]c(c(CCC(=O)OC(C)C)c1C)=Cc1[nH]c(c(CCC(=O)OC(C)C)c1C)C=c1[nH]c(c(CCC(=O)OC(C)C)c1C)=C2. The second-order valence-electron chi connectivity index (χ2n) is 17.0. The summed E-state index contributed by atoms with van der Waals surface area (Å²) in [6.45, 7) is 22.9. The topological polar surface area (TPSA) is 168 Å². The smallest absolute Gasteiger partial charge is 0.306 e. The Bertz CT molecular complexity index is 2310. The van der Waals surface area contributed by atoms with Crippen molar-refractivity contribution in [1.82, 2.24) is 19.9 Å². The third-order valence-corrected chi connectivity index (χ3v) is 10.7. The number of rotatable bonds is 16. The molecule has 0 atom stereocenters. The van der Waals surface area contributed by atoms with E-state index in [1.165, 1.54) is 0 Å². The van der Waals surface area contributed by atoms with Gasteiger partial charge in [-0.3, -0.25) is 19.2 Å². The minimum atomic E-state index is -0.267. The minimum Gasteiger partial charge on any atom is -0.463 e. The quantitative estimate of drug-likeness (QED) is 0.0759. The molecular weight excluding hydrogens is 761 g/mol. The second kappa shape index (κ2) is 19.7. The predicted octanol–water partition coefficient (Wildman–Crippen LogP) is 5.40. The molecule has 12 heteroatoms. The maximum atomic E-state index is 12.8. The molecule has 0 radical (unpaired) electrons. The van der Waals surface area contributed by atoms with Crippen molar-refractivity contribution in [2.75, 3.05) is 0 Å². The number of H-pyrrole nitrogens is 4. The van der Waals surface area contributed by atoms with E-state index < -0.39 is 0 Å². The van der Waals surface area contributed by atoms with Crippen LogP contribution in [0.15, 0.2) is 0 Å². The molecule has 0 spiro atoms. The second-order valence-corrected chi connectivity index (χ2v) is 17.0. The Labute approximate surface area is 352 Å². The van der Waals surface area contributed by atoms with Crippen LogP contribution in [0.3, 0.4) is 0 Å². The van der Waals surface area contributed by atoms with Gasteiger partial charge in [0.05, 0.1) is 24.4 Å². The summed E-state index contributed by atoms with van der Waals surface area (Å²) in [5, 5.41) is 3.40. The molecule has 8 bridgehead atoms. The molecule has 324 valence electrons. The molecule has 4 N–H and O–H groups in total. The van der Waals surface area contributed by atoms with Crippen molar-refractivity contribution in [3.05, 3.63) is 88.7 Å². The number of hydrogen-bond donors (Lipinski definition) is 4. The van der Waals surface area contributed by atoms with Crippen LogP contribution in [0.25, 0.3) is 24.3 Å². The Hall–Kier alpha value is -5.52. The van der Waals surface area contributed by atoms with Crippen molar-refractivity contribution in [3.8, 4) is 0 Å². The fourth-order valence-electron chi connectivity index (χ4n) is 7.85. The molecule has 0 fully saturated rings. The number of ether oxygens (including phenoxy) is 4. The number of aromatic amines is 4. The van der Waals surface area contributed by atoms with Crippen molar-refractivity contribution < 1.29 is 38.1 Å². The lowest BCUT2D eigenvalue weighted by atomic mass is 10.0. The molecule has 5 heterocycles. The maximum Gasteiger partial charge on any atom is 0.306 e. The van der Waals surface area contributed by atoms with Gasteiger partial charge in [0.15, 0.2) is 0 Å².